The van der Waals surface area contributed by atoms with Gasteiger partial charge < -0.3 is 9.88 Å². The van der Waals surface area contributed by atoms with Crippen molar-refractivity contribution in [2.75, 3.05) is 45.2 Å². The summed E-state index contributed by atoms with van der Waals surface area (Å²) in [5.74, 6) is 0.803. The Balaban J connectivity index is 1.63. The second-order valence-electron chi connectivity index (χ2n) is 7.15. The standard InChI is InChI=1S/C18H25N5O2S/c1-21-9-3-4-14-5-6-15(12-16(14)21)26(24,25)23-11-10-22(2)17(13-23)18-19-7-8-20-18/h5-8,12,17H,3-4,9-11,13H2,1-2H3,(H,19,20)/t17-/m1/s1. The van der Waals surface area contributed by atoms with Gasteiger partial charge in [0.2, 0.25) is 10.0 Å². The van der Waals surface area contributed by atoms with Gasteiger partial charge in [-0.3, -0.25) is 4.90 Å². The first-order valence-electron chi connectivity index (χ1n) is 9.00. The van der Waals surface area contributed by atoms with E-state index in [4.69, 9.17) is 0 Å². The van der Waals surface area contributed by atoms with Crippen molar-refractivity contribution in [3.8, 4) is 0 Å². The lowest BCUT2D eigenvalue weighted by Crippen LogP contribution is -2.49. The van der Waals surface area contributed by atoms with Gasteiger partial charge in [0, 0.05) is 51.3 Å². The van der Waals surface area contributed by atoms with E-state index in [2.05, 4.69) is 19.8 Å². The third-order valence-electron chi connectivity index (χ3n) is 5.49. The van der Waals surface area contributed by atoms with Crippen LogP contribution in [0.5, 0.6) is 0 Å². The number of H-pyrrole nitrogens is 1. The summed E-state index contributed by atoms with van der Waals surface area (Å²) in [4.78, 5) is 12.1. The molecule has 140 valence electrons. The molecule has 1 saturated heterocycles. The number of rotatable bonds is 3. The number of nitrogens with one attached hydrogen (secondary N) is 1. The lowest BCUT2D eigenvalue weighted by Gasteiger charge is -2.38. The predicted molar refractivity (Wildman–Crippen MR) is 101 cm³/mol. The largest absolute Gasteiger partial charge is 0.374 e. The zero-order valence-corrected chi connectivity index (χ0v) is 16.0. The van der Waals surface area contributed by atoms with Crippen LogP contribution in [0.25, 0.3) is 0 Å². The topological polar surface area (TPSA) is 72.5 Å². The summed E-state index contributed by atoms with van der Waals surface area (Å²) < 4.78 is 28.1. The summed E-state index contributed by atoms with van der Waals surface area (Å²) in [6.07, 6.45) is 5.60. The van der Waals surface area contributed by atoms with Gasteiger partial charge in [-0.25, -0.2) is 13.4 Å². The maximum atomic E-state index is 13.3. The monoisotopic (exact) mass is 375 g/mol. The lowest BCUT2D eigenvalue weighted by molar-refractivity contribution is 0.142. The third-order valence-corrected chi connectivity index (χ3v) is 7.35. The van der Waals surface area contributed by atoms with Crippen LogP contribution in [0.4, 0.5) is 5.69 Å². The summed E-state index contributed by atoms with van der Waals surface area (Å²) >= 11 is 0. The van der Waals surface area contributed by atoms with Crippen molar-refractivity contribution in [2.45, 2.75) is 23.8 Å². The summed E-state index contributed by atoms with van der Waals surface area (Å²) in [6, 6.07) is 5.50. The van der Waals surface area contributed by atoms with Crippen molar-refractivity contribution >= 4 is 15.7 Å². The second-order valence-corrected chi connectivity index (χ2v) is 9.09. The van der Waals surface area contributed by atoms with Gasteiger partial charge in [-0.1, -0.05) is 6.07 Å². The fourth-order valence-electron chi connectivity index (χ4n) is 3.87. The Labute approximate surface area is 154 Å². The van der Waals surface area contributed by atoms with Crippen molar-refractivity contribution < 1.29 is 8.42 Å². The average molecular weight is 375 g/mol. The van der Waals surface area contributed by atoms with Crippen LogP contribution >= 0.6 is 0 Å². The minimum atomic E-state index is -3.53. The number of imidazole rings is 1. The van der Waals surface area contributed by atoms with E-state index in [9.17, 15) is 8.42 Å². The molecule has 0 amide bonds. The van der Waals surface area contributed by atoms with Gasteiger partial charge in [-0.05, 0) is 37.6 Å². The van der Waals surface area contributed by atoms with E-state index in [1.54, 1.807) is 22.8 Å². The van der Waals surface area contributed by atoms with Crippen LogP contribution < -0.4 is 4.90 Å². The van der Waals surface area contributed by atoms with Crippen LogP contribution in [0, 0.1) is 0 Å². The summed E-state index contributed by atoms with van der Waals surface area (Å²) in [5, 5.41) is 0. The fourth-order valence-corrected chi connectivity index (χ4v) is 5.33. The smallest absolute Gasteiger partial charge is 0.243 e. The summed E-state index contributed by atoms with van der Waals surface area (Å²) in [7, 11) is 0.502. The van der Waals surface area contributed by atoms with Gasteiger partial charge in [-0.15, -0.1) is 0 Å². The number of nitrogens with zero attached hydrogens (tertiary/aromatic N) is 4. The van der Waals surface area contributed by atoms with Gasteiger partial charge in [0.15, 0.2) is 0 Å². The van der Waals surface area contributed by atoms with Crippen LogP contribution in [-0.4, -0.2) is 67.9 Å². The highest BCUT2D eigenvalue weighted by Crippen LogP contribution is 2.31. The molecule has 1 atom stereocenters. The molecular weight excluding hydrogens is 350 g/mol. The summed E-state index contributed by atoms with van der Waals surface area (Å²) in [5.41, 5.74) is 2.26. The molecule has 8 heteroatoms. The predicted octanol–water partition coefficient (Wildman–Crippen LogP) is 1.47. The van der Waals surface area contributed by atoms with Crippen molar-refractivity contribution in [3.05, 3.63) is 42.0 Å². The van der Waals surface area contributed by atoms with Crippen LogP contribution in [-0.2, 0) is 16.4 Å². The number of anilines is 1. The first kappa shape index (κ1) is 17.5. The molecular formula is C18H25N5O2S. The van der Waals surface area contributed by atoms with Crippen molar-refractivity contribution in [1.82, 2.24) is 19.2 Å². The molecule has 1 aromatic heterocycles. The molecule has 1 fully saturated rings. The first-order chi connectivity index (χ1) is 12.5. The van der Waals surface area contributed by atoms with Gasteiger partial charge in [0.05, 0.1) is 10.9 Å². The maximum absolute atomic E-state index is 13.3. The van der Waals surface area contributed by atoms with E-state index in [1.165, 1.54) is 5.56 Å². The Bertz CT molecular complexity index is 881. The highest BCUT2D eigenvalue weighted by atomic mass is 32.2. The minimum Gasteiger partial charge on any atom is -0.374 e. The van der Waals surface area contributed by atoms with Gasteiger partial charge in [0.1, 0.15) is 5.82 Å². The van der Waals surface area contributed by atoms with Crippen LogP contribution in [0.2, 0.25) is 0 Å². The van der Waals surface area contributed by atoms with Crippen LogP contribution in [0.3, 0.4) is 0 Å². The zero-order chi connectivity index (χ0) is 18.3. The molecule has 3 heterocycles. The van der Waals surface area contributed by atoms with Crippen LogP contribution in [0.1, 0.15) is 23.9 Å². The van der Waals surface area contributed by atoms with E-state index in [-0.39, 0.29) is 6.04 Å². The first-order valence-corrected chi connectivity index (χ1v) is 10.4. The number of aryl methyl sites for hydroxylation is 1. The zero-order valence-electron chi connectivity index (χ0n) is 15.2. The molecule has 0 aliphatic carbocycles. The fraction of sp³-hybridized carbons (Fsp3) is 0.500. The molecule has 26 heavy (non-hydrogen) atoms. The second kappa shape index (κ2) is 6.68. The molecule has 0 bridgehead atoms. The Kier molecular flexibility index (Phi) is 4.50. The van der Waals surface area contributed by atoms with E-state index in [1.807, 2.05) is 26.2 Å². The number of likely N-dealkylation sites (N-methyl/N-ethyl adjacent to an activating group) is 1. The number of piperazine rings is 1. The molecule has 0 spiro atoms. The van der Waals surface area contributed by atoms with Gasteiger partial charge >= 0.3 is 0 Å². The van der Waals surface area contributed by atoms with Gasteiger partial charge in [-0.2, -0.15) is 4.31 Å². The Morgan fingerprint density at radius 2 is 2.04 bits per heavy atom. The van der Waals surface area contributed by atoms with Crippen molar-refractivity contribution in [1.29, 1.82) is 0 Å². The number of hydrogen-bond donors (Lipinski definition) is 1. The molecule has 7 nitrogen and oxygen atoms in total. The van der Waals surface area contributed by atoms with Crippen LogP contribution in [0.15, 0.2) is 35.5 Å². The number of aromatic nitrogens is 2. The number of benzene rings is 1. The highest BCUT2D eigenvalue weighted by molar-refractivity contribution is 7.89. The number of aromatic amines is 1. The normalized spacial score (nSPS) is 22.4. The molecule has 0 saturated carbocycles. The lowest BCUT2D eigenvalue weighted by atomic mass is 10.0. The van der Waals surface area contributed by atoms with E-state index >= 15 is 0 Å². The SMILES string of the molecule is CN1CCCc2ccc(S(=O)(=O)N3CCN(C)[C@@H](c4ncc[nH]4)C3)cc21. The summed E-state index contributed by atoms with van der Waals surface area (Å²) in [6.45, 7) is 2.53. The third kappa shape index (κ3) is 3.02. The van der Waals surface area contributed by atoms with Crippen molar-refractivity contribution in [2.24, 2.45) is 0 Å². The number of hydrogen-bond acceptors (Lipinski definition) is 5. The molecule has 2 aliphatic rings. The number of sulfonamides is 1. The molecule has 0 unspecified atom stereocenters. The quantitative estimate of drug-likeness (QED) is 0.880. The number of fused-ring (bicyclic) bond motifs is 1. The molecule has 2 aromatic rings. The average Bonchev–Trinajstić information content (AvgIpc) is 3.16. The van der Waals surface area contributed by atoms with Gasteiger partial charge in [0.25, 0.3) is 0 Å². The molecule has 0 radical (unpaired) electrons. The Hall–Kier alpha value is -1.90. The van der Waals surface area contributed by atoms with E-state index in [0.717, 1.165) is 30.9 Å². The van der Waals surface area contributed by atoms with E-state index < -0.39 is 10.0 Å². The van der Waals surface area contributed by atoms with Crippen molar-refractivity contribution in [3.63, 3.8) is 0 Å². The maximum Gasteiger partial charge on any atom is 0.243 e. The Morgan fingerprint density at radius 1 is 1.19 bits per heavy atom. The Morgan fingerprint density at radius 3 is 2.81 bits per heavy atom. The highest BCUT2D eigenvalue weighted by Gasteiger charge is 2.35. The molecule has 1 aromatic carbocycles. The molecule has 4 rings (SSSR count). The van der Waals surface area contributed by atoms with E-state index in [0.29, 0.717) is 24.5 Å². The molecule has 1 N–H and O–H groups in total. The molecule has 2 aliphatic heterocycles. The minimum absolute atomic E-state index is 0.0613.